The van der Waals surface area contributed by atoms with Crippen LogP contribution < -0.4 is 10.1 Å². The topological polar surface area (TPSA) is 114 Å². The highest BCUT2D eigenvalue weighted by Crippen LogP contribution is 2.23. The van der Waals surface area contributed by atoms with E-state index < -0.39 is 12.0 Å². The first-order valence-electron chi connectivity index (χ1n) is 15.5. The van der Waals surface area contributed by atoms with E-state index in [1.807, 2.05) is 78.9 Å². The monoisotopic (exact) mass is 608 g/mol. The molecule has 3 aromatic carbocycles. The summed E-state index contributed by atoms with van der Waals surface area (Å²) >= 11 is 0. The Kier molecular flexibility index (Phi) is 10.6. The highest BCUT2D eigenvalue weighted by molar-refractivity contribution is 5.84. The number of hydrogen-bond acceptors (Lipinski definition) is 5. The third-order valence-electron chi connectivity index (χ3n) is 8.31. The van der Waals surface area contributed by atoms with Crippen LogP contribution in [0, 0.1) is 5.92 Å². The van der Waals surface area contributed by atoms with Crippen LogP contribution in [-0.2, 0) is 40.9 Å². The number of carboxylic acid groups (broad SMARTS) is 1. The zero-order valence-electron chi connectivity index (χ0n) is 25.6. The van der Waals surface area contributed by atoms with Gasteiger partial charge in [0.1, 0.15) is 18.4 Å². The minimum absolute atomic E-state index is 0.115. The minimum Gasteiger partial charge on any atom is -0.489 e. The smallest absolute Gasteiger partial charge is 0.326 e. The first kappa shape index (κ1) is 31.5. The summed E-state index contributed by atoms with van der Waals surface area (Å²) in [6.07, 6.45) is 6.80. The summed E-state index contributed by atoms with van der Waals surface area (Å²) in [7, 11) is 1.89. The summed E-state index contributed by atoms with van der Waals surface area (Å²) in [6, 6.07) is 24.3. The molecule has 2 heterocycles. The number of aromatic nitrogens is 2. The quantitative estimate of drug-likeness (QED) is 0.220. The van der Waals surface area contributed by atoms with Crippen molar-refractivity contribution in [3.05, 3.63) is 108 Å². The van der Waals surface area contributed by atoms with Crippen molar-refractivity contribution in [1.82, 2.24) is 20.0 Å². The average Bonchev–Trinajstić information content (AvgIpc) is 3.50. The van der Waals surface area contributed by atoms with E-state index in [-0.39, 0.29) is 30.6 Å². The summed E-state index contributed by atoms with van der Waals surface area (Å²) in [6.45, 7) is 1.67. The van der Waals surface area contributed by atoms with Gasteiger partial charge in [-0.2, -0.15) is 5.10 Å². The summed E-state index contributed by atoms with van der Waals surface area (Å²) < 4.78 is 7.58. The Morgan fingerprint density at radius 1 is 0.911 bits per heavy atom. The Bertz CT molecular complexity index is 1560. The van der Waals surface area contributed by atoms with Crippen molar-refractivity contribution in [3.8, 4) is 16.9 Å². The lowest BCUT2D eigenvalue weighted by molar-refractivity contribution is -0.142. The number of aryl methyl sites for hydroxylation is 2. The number of hydrogen-bond donors (Lipinski definition) is 2. The van der Waals surface area contributed by atoms with Crippen LogP contribution in [0.1, 0.15) is 42.4 Å². The number of aliphatic carboxylic acids is 1. The molecule has 1 aliphatic rings. The molecule has 1 atom stereocenters. The van der Waals surface area contributed by atoms with Crippen molar-refractivity contribution < 1.29 is 24.2 Å². The number of nitrogens with zero attached hydrogens (tertiary/aromatic N) is 3. The van der Waals surface area contributed by atoms with Gasteiger partial charge >= 0.3 is 5.97 Å². The fraction of sp³-hybridized carbons (Fsp3) is 0.333. The van der Waals surface area contributed by atoms with Crippen molar-refractivity contribution in [2.75, 3.05) is 13.1 Å². The SMILES string of the molecule is Cn1cc(-c2ccc(CCC(=O)N3CCC(CC(=O)N[C@@H](Cc4ccc(OCc5ccccc5)cc4)C(=O)O)CC3)cc2)cn1. The number of carbonyl (C=O) groups is 3. The maximum atomic E-state index is 12.9. The van der Waals surface area contributed by atoms with Crippen LogP contribution >= 0.6 is 0 Å². The van der Waals surface area contributed by atoms with Gasteiger partial charge < -0.3 is 20.1 Å². The maximum absolute atomic E-state index is 12.9. The molecule has 1 fully saturated rings. The van der Waals surface area contributed by atoms with Gasteiger partial charge in [0.2, 0.25) is 11.8 Å². The van der Waals surface area contributed by atoms with E-state index in [0.29, 0.717) is 38.3 Å². The van der Waals surface area contributed by atoms with Gasteiger partial charge in [-0.05, 0) is 59.6 Å². The normalized spacial score (nSPS) is 14.1. The van der Waals surface area contributed by atoms with Crippen LogP contribution in [0.4, 0.5) is 0 Å². The summed E-state index contributed by atoms with van der Waals surface area (Å²) in [5.41, 5.74) is 5.13. The maximum Gasteiger partial charge on any atom is 0.326 e. The summed E-state index contributed by atoms with van der Waals surface area (Å²) in [4.78, 5) is 39.5. The molecule has 0 spiro atoms. The highest BCUT2D eigenvalue weighted by atomic mass is 16.5. The molecule has 9 nitrogen and oxygen atoms in total. The number of benzene rings is 3. The Morgan fingerprint density at radius 3 is 2.24 bits per heavy atom. The predicted molar refractivity (Wildman–Crippen MR) is 171 cm³/mol. The van der Waals surface area contributed by atoms with Gasteiger partial charge in [-0.1, -0.05) is 66.7 Å². The molecule has 0 radical (unpaired) electrons. The standard InChI is InChI=1S/C36H40N4O5/c1-39-24-31(23-37-39)30-12-7-26(8-13-30)11-16-35(42)40-19-17-28(18-20-40)22-34(41)38-33(36(43)44)21-27-9-14-32(15-10-27)45-25-29-5-3-2-4-6-29/h2-10,12-15,23-24,28,33H,11,16-22,25H2,1H3,(H,38,41)(H,43,44)/t33-/m0/s1. The lowest BCUT2D eigenvalue weighted by atomic mass is 9.92. The molecule has 0 saturated carbocycles. The van der Waals surface area contributed by atoms with Gasteiger partial charge in [-0.15, -0.1) is 0 Å². The van der Waals surface area contributed by atoms with Crippen LogP contribution in [0.15, 0.2) is 91.3 Å². The van der Waals surface area contributed by atoms with Crippen molar-refractivity contribution >= 4 is 17.8 Å². The summed E-state index contributed by atoms with van der Waals surface area (Å²) in [5, 5.41) is 16.7. The largest absolute Gasteiger partial charge is 0.489 e. The van der Waals surface area contributed by atoms with E-state index in [1.54, 1.807) is 4.68 Å². The number of rotatable bonds is 13. The zero-order valence-corrected chi connectivity index (χ0v) is 25.6. The number of ether oxygens (including phenoxy) is 1. The van der Waals surface area contributed by atoms with E-state index in [9.17, 15) is 19.5 Å². The van der Waals surface area contributed by atoms with Crippen LogP contribution in [-0.4, -0.2) is 56.7 Å². The molecule has 5 rings (SSSR count). The number of carbonyl (C=O) groups excluding carboxylic acids is 2. The van der Waals surface area contributed by atoms with Crippen LogP contribution in [0.25, 0.3) is 11.1 Å². The first-order valence-corrected chi connectivity index (χ1v) is 15.5. The van der Waals surface area contributed by atoms with Crippen LogP contribution in [0.2, 0.25) is 0 Å². The number of carboxylic acids is 1. The van der Waals surface area contributed by atoms with Crippen molar-refractivity contribution in [2.24, 2.45) is 13.0 Å². The molecular weight excluding hydrogens is 568 g/mol. The fourth-order valence-electron chi connectivity index (χ4n) is 5.64. The fourth-order valence-corrected chi connectivity index (χ4v) is 5.64. The number of amides is 2. The number of nitrogens with one attached hydrogen (secondary N) is 1. The average molecular weight is 609 g/mol. The molecule has 1 aromatic heterocycles. The van der Waals surface area contributed by atoms with Gasteiger partial charge in [0.15, 0.2) is 0 Å². The number of likely N-dealkylation sites (tertiary alicyclic amines) is 1. The van der Waals surface area contributed by atoms with Crippen LogP contribution in [0.3, 0.4) is 0 Å². The zero-order chi connectivity index (χ0) is 31.6. The van der Waals surface area contributed by atoms with Crippen molar-refractivity contribution in [3.63, 3.8) is 0 Å². The molecule has 0 unspecified atom stereocenters. The Morgan fingerprint density at radius 2 is 1.60 bits per heavy atom. The molecular formula is C36H40N4O5. The minimum atomic E-state index is -1.07. The second-order valence-corrected chi connectivity index (χ2v) is 11.7. The highest BCUT2D eigenvalue weighted by Gasteiger charge is 2.26. The Labute approximate surface area is 263 Å². The summed E-state index contributed by atoms with van der Waals surface area (Å²) in [5.74, 6) is -0.412. The Hall–Kier alpha value is -4.92. The third kappa shape index (κ3) is 9.28. The third-order valence-corrected chi connectivity index (χ3v) is 8.31. The molecule has 1 aliphatic heterocycles. The first-order chi connectivity index (χ1) is 21.8. The second-order valence-electron chi connectivity index (χ2n) is 11.7. The van der Waals surface area contributed by atoms with Gasteiger partial charge in [-0.3, -0.25) is 14.3 Å². The van der Waals surface area contributed by atoms with E-state index in [0.717, 1.165) is 40.7 Å². The van der Waals surface area contributed by atoms with E-state index >= 15 is 0 Å². The molecule has 9 heteroatoms. The van der Waals surface area contributed by atoms with Crippen molar-refractivity contribution in [1.29, 1.82) is 0 Å². The lowest BCUT2D eigenvalue weighted by Gasteiger charge is -2.32. The van der Waals surface area contributed by atoms with Gasteiger partial charge in [0, 0.05) is 51.2 Å². The molecule has 45 heavy (non-hydrogen) atoms. The predicted octanol–water partition coefficient (Wildman–Crippen LogP) is 5.04. The van der Waals surface area contributed by atoms with Gasteiger partial charge in [0.25, 0.3) is 0 Å². The molecule has 2 amide bonds. The molecule has 0 aliphatic carbocycles. The molecule has 0 bridgehead atoms. The van der Waals surface area contributed by atoms with E-state index in [2.05, 4.69) is 34.7 Å². The lowest BCUT2D eigenvalue weighted by Crippen LogP contribution is -2.44. The second kappa shape index (κ2) is 15.2. The van der Waals surface area contributed by atoms with Crippen LogP contribution in [0.5, 0.6) is 5.75 Å². The van der Waals surface area contributed by atoms with E-state index in [4.69, 9.17) is 4.74 Å². The van der Waals surface area contributed by atoms with Crippen molar-refractivity contribution in [2.45, 2.75) is 51.2 Å². The molecule has 2 N–H and O–H groups in total. The molecule has 234 valence electrons. The molecule has 1 saturated heterocycles. The number of piperidine rings is 1. The van der Waals surface area contributed by atoms with Gasteiger partial charge in [0.05, 0.1) is 6.20 Å². The van der Waals surface area contributed by atoms with E-state index in [1.165, 1.54) is 0 Å². The van der Waals surface area contributed by atoms with Gasteiger partial charge in [-0.25, -0.2) is 4.79 Å². The molecule has 4 aromatic rings. The Balaban J connectivity index is 1.02.